The van der Waals surface area contributed by atoms with Crippen molar-refractivity contribution in [3.63, 3.8) is 0 Å². The van der Waals surface area contributed by atoms with Gasteiger partial charge in [-0.25, -0.2) is 4.39 Å². The highest BCUT2D eigenvalue weighted by Gasteiger charge is 2.46. The van der Waals surface area contributed by atoms with Gasteiger partial charge in [-0.15, -0.1) is 0 Å². The van der Waals surface area contributed by atoms with E-state index in [4.69, 9.17) is 0 Å². The third-order valence-electron chi connectivity index (χ3n) is 7.13. The summed E-state index contributed by atoms with van der Waals surface area (Å²) in [5.74, 6) is -0.394. The summed E-state index contributed by atoms with van der Waals surface area (Å²) in [5.41, 5.74) is 2.96. The number of carbonyl (C=O) groups excluding carboxylic acids is 3. The maximum Gasteiger partial charge on any atom is 0.228 e. The molecule has 1 aliphatic carbocycles. The number of benzene rings is 2. The van der Waals surface area contributed by atoms with Gasteiger partial charge in [0.15, 0.2) is 0 Å². The molecular weight excluding hydrogens is 421 g/mol. The fraction of sp³-hybridized carbons (Fsp3) is 0.423. The van der Waals surface area contributed by atoms with E-state index in [1.807, 2.05) is 36.1 Å². The van der Waals surface area contributed by atoms with E-state index >= 15 is 0 Å². The molecule has 0 radical (unpaired) electrons. The molecule has 1 saturated carbocycles. The van der Waals surface area contributed by atoms with E-state index in [1.165, 1.54) is 12.1 Å². The normalized spacial score (nSPS) is 24.8. The van der Waals surface area contributed by atoms with Crippen molar-refractivity contribution in [2.24, 2.45) is 11.8 Å². The Morgan fingerprint density at radius 2 is 1.48 bits per heavy atom. The van der Waals surface area contributed by atoms with Gasteiger partial charge in [-0.1, -0.05) is 29.8 Å². The van der Waals surface area contributed by atoms with E-state index in [2.05, 4.69) is 0 Å². The van der Waals surface area contributed by atoms with Gasteiger partial charge < -0.3 is 14.7 Å². The number of hydrogen-bond acceptors (Lipinski definition) is 3. The molecule has 33 heavy (non-hydrogen) atoms. The van der Waals surface area contributed by atoms with Gasteiger partial charge in [0.25, 0.3) is 0 Å². The summed E-state index contributed by atoms with van der Waals surface area (Å²) in [6.45, 7) is 4.42. The lowest BCUT2D eigenvalue weighted by Gasteiger charge is -2.36. The Morgan fingerprint density at radius 1 is 0.879 bits per heavy atom. The molecule has 7 heteroatoms. The standard InChI is InChI=1S/C26H28FN3O3/c1-17-2-8-21(9-3-17)30-16-19(14-24(30)31)25(32)28-10-12-29(13-11-28)26(33)23-15-22(23)18-4-6-20(27)7-5-18/h2-9,19,22-23H,10-16H2,1H3. The Bertz CT molecular complexity index is 1060. The Morgan fingerprint density at radius 3 is 2.12 bits per heavy atom. The van der Waals surface area contributed by atoms with Crippen LogP contribution < -0.4 is 4.90 Å². The number of halogens is 1. The van der Waals surface area contributed by atoms with Crippen molar-refractivity contribution in [1.82, 2.24) is 9.80 Å². The summed E-state index contributed by atoms with van der Waals surface area (Å²) in [6, 6.07) is 14.2. The molecule has 2 saturated heterocycles. The minimum absolute atomic E-state index is 0.000622. The van der Waals surface area contributed by atoms with Crippen LogP contribution in [0.5, 0.6) is 0 Å². The zero-order valence-corrected chi connectivity index (χ0v) is 18.7. The van der Waals surface area contributed by atoms with Gasteiger partial charge in [-0.3, -0.25) is 14.4 Å². The zero-order valence-electron chi connectivity index (χ0n) is 18.7. The van der Waals surface area contributed by atoms with Crippen LogP contribution in [0, 0.1) is 24.6 Å². The van der Waals surface area contributed by atoms with Crippen LogP contribution in [-0.4, -0.2) is 60.2 Å². The molecule has 6 nitrogen and oxygen atoms in total. The van der Waals surface area contributed by atoms with Crippen LogP contribution in [0.3, 0.4) is 0 Å². The summed E-state index contributed by atoms with van der Waals surface area (Å²) < 4.78 is 13.1. The quantitative estimate of drug-likeness (QED) is 0.721. The van der Waals surface area contributed by atoms with Gasteiger partial charge >= 0.3 is 0 Å². The minimum atomic E-state index is -0.340. The number of nitrogens with zero attached hydrogens (tertiary/aromatic N) is 3. The monoisotopic (exact) mass is 449 g/mol. The lowest BCUT2D eigenvalue weighted by atomic mass is 10.1. The molecule has 3 amide bonds. The van der Waals surface area contributed by atoms with Crippen LogP contribution in [0.15, 0.2) is 48.5 Å². The highest BCUT2D eigenvalue weighted by atomic mass is 19.1. The number of aryl methyl sites for hydroxylation is 1. The first-order valence-electron chi connectivity index (χ1n) is 11.6. The molecule has 0 N–H and O–H groups in total. The number of amides is 3. The van der Waals surface area contributed by atoms with Gasteiger partial charge in [0.1, 0.15) is 5.82 Å². The Labute approximate surface area is 193 Å². The lowest BCUT2D eigenvalue weighted by Crippen LogP contribution is -2.52. The third kappa shape index (κ3) is 4.36. The number of hydrogen-bond donors (Lipinski definition) is 0. The molecule has 2 aromatic rings. The van der Waals surface area contributed by atoms with E-state index in [9.17, 15) is 18.8 Å². The summed E-state index contributed by atoms with van der Waals surface area (Å²) in [5, 5.41) is 0. The molecule has 2 aliphatic heterocycles. The Hall–Kier alpha value is -3.22. The van der Waals surface area contributed by atoms with Crippen LogP contribution in [0.25, 0.3) is 0 Å². The van der Waals surface area contributed by atoms with Crippen molar-refractivity contribution in [1.29, 1.82) is 0 Å². The smallest absolute Gasteiger partial charge is 0.228 e. The molecule has 2 heterocycles. The second-order valence-electron chi connectivity index (χ2n) is 9.39. The second-order valence-corrected chi connectivity index (χ2v) is 9.39. The molecule has 3 fully saturated rings. The zero-order chi connectivity index (χ0) is 23.1. The Kier molecular flexibility index (Phi) is 5.64. The molecule has 0 aromatic heterocycles. The maximum absolute atomic E-state index is 13.1. The van der Waals surface area contributed by atoms with Crippen LogP contribution in [0.2, 0.25) is 0 Å². The first-order chi connectivity index (χ1) is 15.9. The molecule has 3 aliphatic rings. The van der Waals surface area contributed by atoms with Gasteiger partial charge in [-0.05, 0) is 49.1 Å². The lowest BCUT2D eigenvalue weighted by molar-refractivity contribution is -0.142. The van der Waals surface area contributed by atoms with E-state index in [1.54, 1.807) is 21.9 Å². The SMILES string of the molecule is Cc1ccc(N2CC(C(=O)N3CCN(C(=O)C4CC4c4ccc(F)cc4)CC3)CC2=O)cc1. The highest BCUT2D eigenvalue weighted by molar-refractivity contribution is 6.00. The summed E-state index contributed by atoms with van der Waals surface area (Å²) in [4.78, 5) is 43.9. The molecule has 172 valence electrons. The van der Waals surface area contributed by atoms with E-state index in [0.29, 0.717) is 32.7 Å². The number of piperazine rings is 1. The minimum Gasteiger partial charge on any atom is -0.339 e. The van der Waals surface area contributed by atoms with Gasteiger partial charge in [0.2, 0.25) is 17.7 Å². The number of anilines is 1. The van der Waals surface area contributed by atoms with Crippen LogP contribution in [-0.2, 0) is 14.4 Å². The third-order valence-corrected chi connectivity index (χ3v) is 7.13. The van der Waals surface area contributed by atoms with Crippen LogP contribution >= 0.6 is 0 Å². The second kappa shape index (κ2) is 8.61. The van der Waals surface area contributed by atoms with Crippen molar-refractivity contribution in [3.8, 4) is 0 Å². The van der Waals surface area contributed by atoms with Crippen molar-refractivity contribution in [2.75, 3.05) is 37.6 Å². The Balaban J connectivity index is 1.13. The van der Waals surface area contributed by atoms with Gasteiger partial charge in [-0.2, -0.15) is 0 Å². The largest absolute Gasteiger partial charge is 0.339 e. The van der Waals surface area contributed by atoms with Gasteiger partial charge in [0.05, 0.1) is 5.92 Å². The molecule has 3 unspecified atom stereocenters. The predicted molar refractivity (Wildman–Crippen MR) is 122 cm³/mol. The van der Waals surface area contributed by atoms with E-state index < -0.39 is 0 Å². The fourth-order valence-electron chi connectivity index (χ4n) is 5.03. The molecule has 0 bridgehead atoms. The number of carbonyl (C=O) groups is 3. The molecular formula is C26H28FN3O3. The van der Waals surface area contributed by atoms with Gasteiger partial charge in [0, 0.05) is 50.7 Å². The average molecular weight is 450 g/mol. The summed E-state index contributed by atoms with van der Waals surface area (Å²) in [7, 11) is 0. The molecule has 2 aromatic carbocycles. The van der Waals surface area contributed by atoms with Crippen molar-refractivity contribution in [2.45, 2.75) is 25.7 Å². The molecule has 5 rings (SSSR count). The number of rotatable bonds is 4. The predicted octanol–water partition coefficient (Wildman–Crippen LogP) is 2.96. The summed E-state index contributed by atoms with van der Waals surface area (Å²) in [6.07, 6.45) is 1.02. The first kappa shape index (κ1) is 21.6. The van der Waals surface area contributed by atoms with Crippen molar-refractivity contribution >= 4 is 23.4 Å². The highest BCUT2D eigenvalue weighted by Crippen LogP contribution is 2.48. The fourth-order valence-corrected chi connectivity index (χ4v) is 5.03. The molecule has 3 atom stereocenters. The maximum atomic E-state index is 13.1. The van der Waals surface area contributed by atoms with E-state index in [0.717, 1.165) is 23.2 Å². The van der Waals surface area contributed by atoms with Crippen molar-refractivity contribution < 1.29 is 18.8 Å². The van der Waals surface area contributed by atoms with Crippen LogP contribution in [0.1, 0.15) is 29.9 Å². The first-order valence-corrected chi connectivity index (χ1v) is 11.6. The molecule has 0 spiro atoms. The van der Waals surface area contributed by atoms with Crippen LogP contribution in [0.4, 0.5) is 10.1 Å². The topological polar surface area (TPSA) is 60.9 Å². The van der Waals surface area contributed by atoms with E-state index in [-0.39, 0.29) is 47.7 Å². The van der Waals surface area contributed by atoms with Crippen molar-refractivity contribution in [3.05, 3.63) is 65.5 Å². The average Bonchev–Trinajstić information content (AvgIpc) is 3.54. The summed E-state index contributed by atoms with van der Waals surface area (Å²) >= 11 is 0.